The molecule has 34 heavy (non-hydrogen) atoms. The number of ether oxygens (including phenoxy) is 2. The maximum Gasteiger partial charge on any atom is 0.316 e. The smallest absolute Gasteiger partial charge is 0.316 e. The summed E-state index contributed by atoms with van der Waals surface area (Å²) in [5.41, 5.74) is 4.01. The van der Waals surface area contributed by atoms with Crippen molar-refractivity contribution in [3.05, 3.63) is 95.7 Å². The second-order valence-electron chi connectivity index (χ2n) is 7.57. The quantitative estimate of drug-likeness (QED) is 0.211. The summed E-state index contributed by atoms with van der Waals surface area (Å²) in [7, 11) is 1.53. The Morgan fingerprint density at radius 2 is 1.71 bits per heavy atom. The van der Waals surface area contributed by atoms with Gasteiger partial charge < -0.3 is 9.47 Å². The number of halogens is 1. The summed E-state index contributed by atoms with van der Waals surface area (Å²) in [5.74, 6) is 0.477. The number of hydrogen-bond donors (Lipinski definition) is 0. The topological polar surface area (TPSA) is 70.0 Å². The molecule has 4 rings (SSSR count). The molecule has 0 spiro atoms. The fourth-order valence-electron chi connectivity index (χ4n) is 3.38. The lowest BCUT2D eigenvalue weighted by Crippen LogP contribution is -2.07. The molecule has 0 fully saturated rings. The second kappa shape index (κ2) is 11.7. The third kappa shape index (κ3) is 6.36. The van der Waals surface area contributed by atoms with Crippen LogP contribution in [-0.2, 0) is 11.3 Å². The normalized spacial score (nSPS) is 11.9. The molecule has 2 heterocycles. The van der Waals surface area contributed by atoms with E-state index in [1.54, 1.807) is 36.3 Å². The van der Waals surface area contributed by atoms with Gasteiger partial charge in [-0.15, -0.1) is 0 Å². The highest BCUT2D eigenvalue weighted by atomic mass is 32.2. The van der Waals surface area contributed by atoms with E-state index in [1.807, 2.05) is 49.4 Å². The standard InChI is InChI=1S/C26H25FN4O2S/c1-18-14-23(21-15-28-25(32-2)29-16-21)31-26(30-18)34-13-12-24(19-8-4-3-5-9-19)33-17-20-10-6-7-11-22(20)27/h3-11,14-16,24H,12-13,17H2,1-2H3. The van der Waals surface area contributed by atoms with E-state index in [0.29, 0.717) is 16.7 Å². The lowest BCUT2D eigenvalue weighted by molar-refractivity contribution is 0.0364. The molecular weight excluding hydrogens is 451 g/mol. The molecular formula is C26H25FN4O2S. The van der Waals surface area contributed by atoms with Crippen LogP contribution in [0, 0.1) is 12.7 Å². The first-order valence-electron chi connectivity index (χ1n) is 10.9. The number of thioether (sulfide) groups is 1. The minimum absolute atomic E-state index is 0.174. The first kappa shape index (κ1) is 23.8. The molecule has 8 heteroatoms. The maximum atomic E-state index is 14.1. The fraction of sp³-hybridized carbons (Fsp3) is 0.231. The zero-order valence-corrected chi connectivity index (χ0v) is 19.8. The Bertz CT molecular complexity index is 1210. The minimum atomic E-state index is -0.258. The number of methoxy groups -OCH3 is 1. The van der Waals surface area contributed by atoms with Crippen LogP contribution < -0.4 is 4.74 Å². The predicted molar refractivity (Wildman–Crippen MR) is 130 cm³/mol. The Hall–Kier alpha value is -3.36. The van der Waals surface area contributed by atoms with Crippen molar-refractivity contribution in [3.8, 4) is 17.3 Å². The Balaban J connectivity index is 1.43. The molecule has 0 amide bonds. The fourth-order valence-corrected chi connectivity index (χ4v) is 4.27. The zero-order chi connectivity index (χ0) is 23.8. The largest absolute Gasteiger partial charge is 0.467 e. The molecule has 2 aromatic carbocycles. The van der Waals surface area contributed by atoms with Gasteiger partial charge in [0.1, 0.15) is 5.82 Å². The van der Waals surface area contributed by atoms with Gasteiger partial charge in [-0.1, -0.05) is 60.3 Å². The van der Waals surface area contributed by atoms with Gasteiger partial charge in [-0.25, -0.2) is 24.3 Å². The highest BCUT2D eigenvalue weighted by Gasteiger charge is 2.15. The number of hydrogen-bond acceptors (Lipinski definition) is 7. The average molecular weight is 477 g/mol. The lowest BCUT2D eigenvalue weighted by Gasteiger charge is -2.18. The van der Waals surface area contributed by atoms with Gasteiger partial charge in [0.05, 0.1) is 25.5 Å². The number of rotatable bonds is 10. The van der Waals surface area contributed by atoms with Crippen molar-refractivity contribution in [1.82, 2.24) is 19.9 Å². The maximum absolute atomic E-state index is 14.1. The molecule has 4 aromatic rings. The van der Waals surface area contributed by atoms with Crippen molar-refractivity contribution in [2.75, 3.05) is 12.9 Å². The molecule has 1 atom stereocenters. The Morgan fingerprint density at radius 1 is 0.971 bits per heavy atom. The molecule has 0 aliphatic heterocycles. The van der Waals surface area contributed by atoms with Crippen molar-refractivity contribution in [2.45, 2.75) is 31.2 Å². The first-order valence-corrected chi connectivity index (χ1v) is 11.9. The molecule has 0 aliphatic carbocycles. The van der Waals surface area contributed by atoms with Crippen LogP contribution in [0.25, 0.3) is 11.3 Å². The van der Waals surface area contributed by atoms with E-state index in [4.69, 9.17) is 9.47 Å². The van der Waals surface area contributed by atoms with E-state index < -0.39 is 0 Å². The van der Waals surface area contributed by atoms with E-state index >= 15 is 0 Å². The summed E-state index contributed by atoms with van der Waals surface area (Å²) in [6.45, 7) is 2.14. The van der Waals surface area contributed by atoms with Crippen LogP contribution in [-0.4, -0.2) is 32.8 Å². The van der Waals surface area contributed by atoms with E-state index in [0.717, 1.165) is 34.7 Å². The van der Waals surface area contributed by atoms with E-state index in [9.17, 15) is 4.39 Å². The van der Waals surface area contributed by atoms with Crippen molar-refractivity contribution in [1.29, 1.82) is 0 Å². The van der Waals surface area contributed by atoms with Gasteiger partial charge >= 0.3 is 6.01 Å². The summed E-state index contributed by atoms with van der Waals surface area (Å²) in [4.78, 5) is 17.6. The van der Waals surface area contributed by atoms with Gasteiger partial charge in [-0.3, -0.25) is 0 Å². The molecule has 0 radical (unpaired) electrons. The number of aryl methyl sites for hydroxylation is 1. The minimum Gasteiger partial charge on any atom is -0.467 e. The van der Waals surface area contributed by atoms with Crippen LogP contribution in [0.3, 0.4) is 0 Å². The number of aromatic nitrogens is 4. The summed E-state index contributed by atoms with van der Waals surface area (Å²) in [6.07, 6.45) is 3.92. The van der Waals surface area contributed by atoms with Crippen LogP contribution in [0.2, 0.25) is 0 Å². The second-order valence-corrected chi connectivity index (χ2v) is 8.64. The summed E-state index contributed by atoms with van der Waals surface area (Å²) < 4.78 is 25.2. The zero-order valence-electron chi connectivity index (χ0n) is 19.0. The van der Waals surface area contributed by atoms with Crippen LogP contribution in [0.4, 0.5) is 4.39 Å². The third-order valence-corrected chi connectivity index (χ3v) is 6.00. The Kier molecular flexibility index (Phi) is 8.17. The van der Waals surface area contributed by atoms with E-state index in [1.165, 1.54) is 13.2 Å². The van der Waals surface area contributed by atoms with Crippen LogP contribution in [0.5, 0.6) is 6.01 Å². The molecule has 0 aliphatic rings. The van der Waals surface area contributed by atoms with Crippen molar-refractivity contribution < 1.29 is 13.9 Å². The Morgan fingerprint density at radius 3 is 2.44 bits per heavy atom. The van der Waals surface area contributed by atoms with Crippen LogP contribution >= 0.6 is 11.8 Å². The number of nitrogens with zero attached hydrogens (tertiary/aromatic N) is 4. The summed E-state index contributed by atoms with van der Waals surface area (Å²) in [6, 6.07) is 18.9. The molecule has 2 aromatic heterocycles. The number of benzene rings is 2. The molecule has 0 saturated heterocycles. The molecule has 6 nitrogen and oxygen atoms in total. The van der Waals surface area contributed by atoms with E-state index in [2.05, 4.69) is 19.9 Å². The molecule has 174 valence electrons. The predicted octanol–water partition coefficient (Wildman–Crippen LogP) is 5.83. The Labute approximate surface area is 202 Å². The van der Waals surface area contributed by atoms with E-state index in [-0.39, 0.29) is 18.5 Å². The molecule has 1 unspecified atom stereocenters. The highest BCUT2D eigenvalue weighted by Crippen LogP contribution is 2.28. The third-order valence-electron chi connectivity index (χ3n) is 5.12. The average Bonchev–Trinajstić information content (AvgIpc) is 2.87. The van der Waals surface area contributed by atoms with Gasteiger partial charge in [0.15, 0.2) is 5.16 Å². The first-order chi connectivity index (χ1) is 16.6. The van der Waals surface area contributed by atoms with Gasteiger partial charge in [-0.2, -0.15) is 0 Å². The van der Waals surface area contributed by atoms with Crippen LogP contribution in [0.1, 0.15) is 29.3 Å². The monoisotopic (exact) mass is 476 g/mol. The van der Waals surface area contributed by atoms with Gasteiger partial charge in [0.2, 0.25) is 0 Å². The van der Waals surface area contributed by atoms with Crippen molar-refractivity contribution >= 4 is 11.8 Å². The van der Waals surface area contributed by atoms with Crippen LogP contribution in [0.15, 0.2) is 78.2 Å². The lowest BCUT2D eigenvalue weighted by atomic mass is 10.1. The molecule has 0 N–H and O–H groups in total. The summed E-state index contributed by atoms with van der Waals surface area (Å²) in [5, 5.41) is 0.673. The highest BCUT2D eigenvalue weighted by molar-refractivity contribution is 7.99. The SMILES string of the molecule is COc1ncc(-c2cc(C)nc(SCCC(OCc3ccccc3F)c3ccccc3)n2)cn1. The van der Waals surface area contributed by atoms with Crippen molar-refractivity contribution in [2.24, 2.45) is 0 Å². The van der Waals surface area contributed by atoms with Gasteiger partial charge in [-0.05, 0) is 31.0 Å². The molecule has 0 saturated carbocycles. The van der Waals surface area contributed by atoms with Gasteiger partial charge in [0.25, 0.3) is 0 Å². The van der Waals surface area contributed by atoms with Crippen molar-refractivity contribution in [3.63, 3.8) is 0 Å². The van der Waals surface area contributed by atoms with Gasteiger partial charge in [0, 0.05) is 35.0 Å². The molecule has 0 bridgehead atoms. The summed E-state index contributed by atoms with van der Waals surface area (Å²) >= 11 is 1.56.